The van der Waals surface area contributed by atoms with Gasteiger partial charge in [0.05, 0.1) is 10.4 Å². The first kappa shape index (κ1) is 8.08. The van der Waals surface area contributed by atoms with Crippen LogP contribution in [0.2, 0.25) is 0 Å². The van der Waals surface area contributed by atoms with Crippen molar-refractivity contribution in [1.29, 1.82) is 0 Å². The van der Waals surface area contributed by atoms with E-state index in [4.69, 9.17) is 0 Å². The quantitative estimate of drug-likeness (QED) is 0.647. The zero-order valence-electron chi connectivity index (χ0n) is 7.00. The molecule has 2 rings (SSSR count). The summed E-state index contributed by atoms with van der Waals surface area (Å²) in [6, 6.07) is 6.50. The molecule has 0 aliphatic carbocycles. The fourth-order valence-corrected chi connectivity index (χ4v) is 2.51. The molecule has 2 aromatic rings. The van der Waals surface area contributed by atoms with Gasteiger partial charge >= 0.3 is 0 Å². The van der Waals surface area contributed by atoms with Crippen LogP contribution >= 0.6 is 23.3 Å². The Balaban J connectivity index is 2.69. The van der Waals surface area contributed by atoms with Crippen molar-refractivity contribution in [2.75, 3.05) is 6.26 Å². The van der Waals surface area contributed by atoms with Crippen LogP contribution in [0, 0.1) is 6.92 Å². The van der Waals surface area contributed by atoms with E-state index in [-0.39, 0.29) is 0 Å². The van der Waals surface area contributed by atoms with Crippen molar-refractivity contribution in [2.45, 2.75) is 11.8 Å². The van der Waals surface area contributed by atoms with Crippen molar-refractivity contribution in [1.82, 2.24) is 4.37 Å². The molecule has 1 nitrogen and oxygen atoms in total. The summed E-state index contributed by atoms with van der Waals surface area (Å²) in [4.78, 5) is 1.31. The third-order valence-corrected chi connectivity index (χ3v) is 3.48. The molecule has 62 valence electrons. The molecule has 0 unspecified atom stereocenters. The number of aryl methyl sites for hydroxylation is 1. The van der Waals surface area contributed by atoms with E-state index < -0.39 is 0 Å². The molecule has 0 aliphatic heterocycles. The van der Waals surface area contributed by atoms with Crippen LogP contribution in [0.1, 0.15) is 5.69 Å². The average molecular weight is 195 g/mol. The standard InChI is InChI=1S/C9H9NS2/c1-6-8-4-3-7(11-2)5-9(8)12-10-6/h3-5H,1-2H3. The third kappa shape index (κ3) is 1.23. The van der Waals surface area contributed by atoms with E-state index in [9.17, 15) is 0 Å². The van der Waals surface area contributed by atoms with Crippen molar-refractivity contribution >= 4 is 33.4 Å². The zero-order valence-corrected chi connectivity index (χ0v) is 8.63. The largest absolute Gasteiger partial charge is 0.197 e. The molecule has 1 aromatic heterocycles. The Labute approximate surface area is 80.0 Å². The first-order valence-electron chi connectivity index (χ1n) is 3.71. The summed E-state index contributed by atoms with van der Waals surface area (Å²) in [5.41, 5.74) is 1.14. The molecule has 0 amide bonds. The second kappa shape index (κ2) is 3.07. The van der Waals surface area contributed by atoms with Crippen LogP contribution < -0.4 is 0 Å². The summed E-state index contributed by atoms with van der Waals surface area (Å²) in [6.45, 7) is 2.05. The van der Waals surface area contributed by atoms with Gasteiger partial charge in [0.1, 0.15) is 0 Å². The molecule has 12 heavy (non-hydrogen) atoms. The minimum absolute atomic E-state index is 1.14. The van der Waals surface area contributed by atoms with E-state index >= 15 is 0 Å². The lowest BCUT2D eigenvalue weighted by Crippen LogP contribution is -1.71. The summed E-state index contributed by atoms with van der Waals surface area (Å²) >= 11 is 3.35. The Bertz CT molecular complexity index is 406. The summed E-state index contributed by atoms with van der Waals surface area (Å²) in [7, 11) is 0. The van der Waals surface area contributed by atoms with E-state index in [1.54, 1.807) is 23.3 Å². The van der Waals surface area contributed by atoms with Gasteiger partial charge in [0.15, 0.2) is 0 Å². The topological polar surface area (TPSA) is 12.9 Å². The van der Waals surface area contributed by atoms with Gasteiger partial charge in [-0.2, -0.15) is 4.37 Å². The maximum atomic E-state index is 4.30. The third-order valence-electron chi connectivity index (χ3n) is 1.86. The molecule has 1 heterocycles. The van der Waals surface area contributed by atoms with Crippen molar-refractivity contribution in [3.05, 3.63) is 23.9 Å². The molecule has 0 aliphatic rings. The van der Waals surface area contributed by atoms with Crippen LogP contribution in [0.5, 0.6) is 0 Å². The molecule has 0 saturated heterocycles. The smallest absolute Gasteiger partial charge is 0.0589 e. The van der Waals surface area contributed by atoms with Gasteiger partial charge in [0.2, 0.25) is 0 Å². The fourth-order valence-electron chi connectivity index (χ4n) is 1.17. The van der Waals surface area contributed by atoms with Crippen LogP contribution in [0.15, 0.2) is 23.1 Å². The molecule has 1 aromatic carbocycles. The number of nitrogens with zero attached hydrogens (tertiary/aromatic N) is 1. The van der Waals surface area contributed by atoms with Crippen molar-refractivity contribution in [2.24, 2.45) is 0 Å². The molecule has 0 bridgehead atoms. The van der Waals surface area contributed by atoms with Gasteiger partial charge < -0.3 is 0 Å². The summed E-state index contributed by atoms with van der Waals surface area (Å²) in [6.07, 6.45) is 2.09. The Kier molecular flexibility index (Phi) is 2.07. The Morgan fingerprint density at radius 3 is 3.00 bits per heavy atom. The minimum Gasteiger partial charge on any atom is -0.197 e. The minimum atomic E-state index is 1.14. The lowest BCUT2D eigenvalue weighted by Gasteiger charge is -1.94. The van der Waals surface area contributed by atoms with E-state index in [2.05, 4.69) is 35.8 Å². The number of thioether (sulfide) groups is 1. The molecule has 0 N–H and O–H groups in total. The summed E-state index contributed by atoms with van der Waals surface area (Å²) < 4.78 is 5.59. The van der Waals surface area contributed by atoms with E-state index in [0.29, 0.717) is 0 Å². The first-order chi connectivity index (χ1) is 5.81. The molecule has 0 atom stereocenters. The van der Waals surface area contributed by atoms with Gasteiger partial charge in [-0.3, -0.25) is 0 Å². The van der Waals surface area contributed by atoms with Crippen molar-refractivity contribution < 1.29 is 0 Å². The highest BCUT2D eigenvalue weighted by atomic mass is 32.2. The van der Waals surface area contributed by atoms with Gasteiger partial charge in [-0.25, -0.2) is 0 Å². The normalized spacial score (nSPS) is 10.8. The number of aromatic nitrogens is 1. The van der Waals surface area contributed by atoms with Gasteiger partial charge in [0.25, 0.3) is 0 Å². The fraction of sp³-hybridized carbons (Fsp3) is 0.222. The summed E-state index contributed by atoms with van der Waals surface area (Å²) in [5.74, 6) is 0. The highest BCUT2D eigenvalue weighted by Crippen LogP contribution is 2.26. The molecule has 3 heteroatoms. The SMILES string of the molecule is CSc1ccc2c(C)nsc2c1. The van der Waals surface area contributed by atoms with Crippen molar-refractivity contribution in [3.63, 3.8) is 0 Å². The Morgan fingerprint density at radius 1 is 1.42 bits per heavy atom. The van der Waals surface area contributed by atoms with Gasteiger partial charge in [-0.15, -0.1) is 11.8 Å². The molecule has 0 radical (unpaired) electrons. The number of hydrogen-bond acceptors (Lipinski definition) is 3. The predicted molar refractivity (Wildman–Crippen MR) is 56.1 cm³/mol. The van der Waals surface area contributed by atoms with E-state index in [0.717, 1.165) is 5.69 Å². The second-order valence-corrected chi connectivity index (χ2v) is 4.31. The molecule has 0 spiro atoms. The van der Waals surface area contributed by atoms with Crippen molar-refractivity contribution in [3.8, 4) is 0 Å². The Hall–Kier alpha value is -0.540. The van der Waals surface area contributed by atoms with Crippen LogP contribution in [0.4, 0.5) is 0 Å². The number of fused-ring (bicyclic) bond motifs is 1. The lowest BCUT2D eigenvalue weighted by molar-refractivity contribution is 1.37. The highest BCUT2D eigenvalue weighted by molar-refractivity contribution is 7.98. The predicted octanol–water partition coefficient (Wildman–Crippen LogP) is 3.33. The average Bonchev–Trinajstić information content (AvgIpc) is 2.47. The number of benzene rings is 1. The maximum Gasteiger partial charge on any atom is 0.0589 e. The summed E-state index contributed by atoms with van der Waals surface area (Å²) in [5, 5.41) is 1.29. The van der Waals surface area contributed by atoms with Crippen LogP contribution in [0.25, 0.3) is 10.1 Å². The monoisotopic (exact) mass is 195 g/mol. The van der Waals surface area contributed by atoms with Gasteiger partial charge in [-0.1, -0.05) is 6.07 Å². The molecule has 0 fully saturated rings. The molecule has 0 saturated carbocycles. The van der Waals surface area contributed by atoms with Crippen LogP contribution in [-0.2, 0) is 0 Å². The van der Waals surface area contributed by atoms with Crippen LogP contribution in [0.3, 0.4) is 0 Å². The van der Waals surface area contributed by atoms with Gasteiger partial charge in [-0.05, 0) is 36.8 Å². The number of hydrogen-bond donors (Lipinski definition) is 0. The lowest BCUT2D eigenvalue weighted by atomic mass is 10.2. The highest BCUT2D eigenvalue weighted by Gasteiger charge is 2.01. The molecular formula is C9H9NS2. The number of rotatable bonds is 1. The Morgan fingerprint density at radius 2 is 2.25 bits per heavy atom. The maximum absolute atomic E-state index is 4.30. The second-order valence-electron chi connectivity index (χ2n) is 2.63. The zero-order chi connectivity index (χ0) is 8.55. The van der Waals surface area contributed by atoms with Gasteiger partial charge in [0, 0.05) is 10.3 Å². The molecular weight excluding hydrogens is 186 g/mol. The van der Waals surface area contributed by atoms with E-state index in [1.807, 2.05) is 0 Å². The first-order valence-corrected chi connectivity index (χ1v) is 5.71. The van der Waals surface area contributed by atoms with Crippen LogP contribution in [-0.4, -0.2) is 10.6 Å². The van der Waals surface area contributed by atoms with E-state index in [1.165, 1.54) is 15.0 Å².